The molecular weight excluding hydrogens is 354 g/mol. The maximum Gasteiger partial charge on any atom is 0.266 e. The van der Waals surface area contributed by atoms with Gasteiger partial charge in [-0.05, 0) is 37.1 Å². The summed E-state index contributed by atoms with van der Waals surface area (Å²) in [5, 5.41) is 4.99. The molecule has 1 amide bonds. The molecule has 1 aliphatic carbocycles. The molecule has 7 heteroatoms. The molecule has 2 heterocycles. The van der Waals surface area contributed by atoms with Crippen molar-refractivity contribution in [3.63, 3.8) is 0 Å². The highest BCUT2D eigenvalue weighted by Gasteiger charge is 2.33. The number of halogens is 1. The molecule has 2 aliphatic rings. The van der Waals surface area contributed by atoms with Gasteiger partial charge in [-0.25, -0.2) is 4.68 Å². The van der Waals surface area contributed by atoms with Crippen LogP contribution in [0.5, 0.6) is 5.75 Å². The molecule has 1 saturated carbocycles. The molecular formula is C19H20ClN3O3. The summed E-state index contributed by atoms with van der Waals surface area (Å²) in [7, 11) is 1.53. The molecule has 0 radical (unpaired) electrons. The van der Waals surface area contributed by atoms with Gasteiger partial charge in [-0.3, -0.25) is 9.59 Å². The van der Waals surface area contributed by atoms with Crippen molar-refractivity contribution in [2.45, 2.75) is 25.3 Å². The Morgan fingerprint density at radius 1 is 1.27 bits per heavy atom. The molecule has 0 unspecified atom stereocenters. The van der Waals surface area contributed by atoms with Gasteiger partial charge in [0.25, 0.3) is 11.5 Å². The second-order valence-corrected chi connectivity index (χ2v) is 7.41. The molecule has 0 spiro atoms. The Balaban J connectivity index is 1.41. The summed E-state index contributed by atoms with van der Waals surface area (Å²) in [6.45, 7) is 1.72. The molecule has 0 atom stereocenters. The summed E-state index contributed by atoms with van der Waals surface area (Å²) in [5.41, 5.74) is 1.38. The molecule has 1 aromatic carbocycles. The molecule has 1 aromatic heterocycles. The number of rotatable bonds is 5. The molecule has 1 aliphatic heterocycles. The van der Waals surface area contributed by atoms with Gasteiger partial charge < -0.3 is 9.64 Å². The number of benzene rings is 1. The van der Waals surface area contributed by atoms with Gasteiger partial charge in [0, 0.05) is 36.0 Å². The van der Waals surface area contributed by atoms with Gasteiger partial charge in [0.2, 0.25) is 0 Å². The predicted molar refractivity (Wildman–Crippen MR) is 97.9 cm³/mol. The summed E-state index contributed by atoms with van der Waals surface area (Å²) in [6, 6.07) is 8.44. The zero-order chi connectivity index (χ0) is 18.3. The van der Waals surface area contributed by atoms with E-state index in [4.69, 9.17) is 16.3 Å². The Kier molecular flexibility index (Phi) is 4.44. The van der Waals surface area contributed by atoms with Crippen LogP contribution in [0, 0.1) is 5.92 Å². The first-order chi connectivity index (χ1) is 12.5. The smallest absolute Gasteiger partial charge is 0.266 e. The number of amides is 1. The Morgan fingerprint density at radius 2 is 2.04 bits per heavy atom. The van der Waals surface area contributed by atoms with E-state index in [0.717, 1.165) is 18.5 Å². The summed E-state index contributed by atoms with van der Waals surface area (Å²) < 4.78 is 6.80. The van der Waals surface area contributed by atoms with Crippen molar-refractivity contribution >= 4 is 17.5 Å². The van der Waals surface area contributed by atoms with E-state index in [-0.39, 0.29) is 17.4 Å². The highest BCUT2D eigenvalue weighted by molar-refractivity contribution is 6.31. The number of carbonyl (C=O) groups is 1. The summed E-state index contributed by atoms with van der Waals surface area (Å²) in [6.07, 6.45) is 2.30. The molecule has 4 rings (SSSR count). The zero-order valence-corrected chi connectivity index (χ0v) is 15.3. The molecule has 6 nitrogen and oxygen atoms in total. The van der Waals surface area contributed by atoms with Crippen molar-refractivity contribution in [2.75, 3.05) is 20.2 Å². The van der Waals surface area contributed by atoms with Gasteiger partial charge >= 0.3 is 0 Å². The zero-order valence-electron chi connectivity index (χ0n) is 14.5. The van der Waals surface area contributed by atoms with Gasteiger partial charge in [0.15, 0.2) is 0 Å². The number of ether oxygens (including phenoxy) is 1. The van der Waals surface area contributed by atoms with Crippen molar-refractivity contribution < 1.29 is 9.53 Å². The van der Waals surface area contributed by atoms with E-state index in [1.165, 1.54) is 7.11 Å². The van der Waals surface area contributed by atoms with Gasteiger partial charge in [-0.15, -0.1) is 0 Å². The first kappa shape index (κ1) is 17.1. The third-order valence-electron chi connectivity index (χ3n) is 4.95. The van der Waals surface area contributed by atoms with Crippen molar-refractivity contribution in [1.82, 2.24) is 14.7 Å². The molecule has 0 bridgehead atoms. The van der Waals surface area contributed by atoms with E-state index < -0.39 is 0 Å². The van der Waals surface area contributed by atoms with Gasteiger partial charge in [-0.2, -0.15) is 5.10 Å². The van der Waals surface area contributed by atoms with Crippen LogP contribution < -0.4 is 10.3 Å². The predicted octanol–water partition coefficient (Wildman–Crippen LogP) is 2.55. The Morgan fingerprint density at radius 3 is 2.73 bits per heavy atom. The van der Waals surface area contributed by atoms with Crippen LogP contribution in [0.1, 0.15) is 34.8 Å². The molecule has 2 aromatic rings. The fourth-order valence-electron chi connectivity index (χ4n) is 3.31. The monoisotopic (exact) mass is 373 g/mol. The first-order valence-electron chi connectivity index (χ1n) is 8.76. The number of aromatic nitrogens is 2. The van der Waals surface area contributed by atoms with Crippen molar-refractivity contribution in [1.29, 1.82) is 0 Å². The lowest BCUT2D eigenvalue weighted by molar-refractivity contribution is 0.0455. The lowest BCUT2D eigenvalue weighted by Gasteiger charge is -2.39. The number of nitrogens with zero attached hydrogens (tertiary/aromatic N) is 3. The van der Waals surface area contributed by atoms with Gasteiger partial charge in [0.05, 0.1) is 24.9 Å². The second kappa shape index (κ2) is 6.76. The largest absolute Gasteiger partial charge is 0.496 e. The number of carbonyl (C=O) groups excluding carboxylic acids is 1. The molecule has 26 heavy (non-hydrogen) atoms. The summed E-state index contributed by atoms with van der Waals surface area (Å²) >= 11 is 6.01. The van der Waals surface area contributed by atoms with Crippen LogP contribution in [-0.2, 0) is 6.54 Å². The minimum Gasteiger partial charge on any atom is -0.496 e. The minimum atomic E-state index is -0.104. The van der Waals surface area contributed by atoms with E-state index in [0.29, 0.717) is 41.9 Å². The molecule has 0 N–H and O–H groups in total. The van der Waals surface area contributed by atoms with Gasteiger partial charge in [-0.1, -0.05) is 11.6 Å². The van der Waals surface area contributed by atoms with Crippen LogP contribution in [0.3, 0.4) is 0 Å². The van der Waals surface area contributed by atoms with Crippen LogP contribution in [-0.4, -0.2) is 40.8 Å². The lowest BCUT2D eigenvalue weighted by atomic mass is 9.98. The van der Waals surface area contributed by atoms with Crippen LogP contribution in [0.2, 0.25) is 5.02 Å². The average Bonchev–Trinajstić information content (AvgIpc) is 3.43. The van der Waals surface area contributed by atoms with E-state index in [1.807, 2.05) is 6.07 Å². The second-order valence-electron chi connectivity index (χ2n) is 6.97. The average molecular weight is 374 g/mol. The van der Waals surface area contributed by atoms with Crippen LogP contribution in [0.25, 0.3) is 0 Å². The topological polar surface area (TPSA) is 64.4 Å². The Labute approximate surface area is 156 Å². The van der Waals surface area contributed by atoms with E-state index in [9.17, 15) is 9.59 Å². The molecule has 1 saturated heterocycles. The van der Waals surface area contributed by atoms with Crippen molar-refractivity contribution in [3.8, 4) is 5.75 Å². The van der Waals surface area contributed by atoms with Crippen molar-refractivity contribution in [2.24, 2.45) is 5.92 Å². The molecule has 136 valence electrons. The molecule has 2 fully saturated rings. The highest BCUT2D eigenvalue weighted by Crippen LogP contribution is 2.38. The fraction of sp³-hybridized carbons (Fsp3) is 0.421. The van der Waals surface area contributed by atoms with Crippen molar-refractivity contribution in [3.05, 3.63) is 57.0 Å². The Bertz CT molecular complexity index is 901. The van der Waals surface area contributed by atoms with E-state index in [1.54, 1.807) is 33.8 Å². The third-order valence-corrected chi connectivity index (χ3v) is 5.19. The lowest BCUT2D eigenvalue weighted by Crippen LogP contribution is -2.52. The van der Waals surface area contributed by atoms with Crippen LogP contribution in [0.15, 0.2) is 35.1 Å². The quantitative estimate of drug-likeness (QED) is 0.808. The SMILES string of the molecule is COc1ccc(Cl)cc1C(=O)N1CC(Cn2nc(C3CC3)ccc2=O)C1. The van der Waals surface area contributed by atoms with E-state index >= 15 is 0 Å². The summed E-state index contributed by atoms with van der Waals surface area (Å²) in [4.78, 5) is 26.5. The minimum absolute atomic E-state index is 0.0873. The standard InChI is InChI=1S/C19H20ClN3O3/c1-26-17-6-4-14(20)8-15(17)19(25)22-9-12(10-22)11-23-18(24)7-5-16(21-23)13-2-3-13/h4-8,12-13H,2-3,9-11H2,1H3. The van der Waals surface area contributed by atoms with Gasteiger partial charge in [0.1, 0.15) is 5.75 Å². The maximum atomic E-state index is 12.7. The summed E-state index contributed by atoms with van der Waals surface area (Å²) in [5.74, 6) is 1.14. The highest BCUT2D eigenvalue weighted by atomic mass is 35.5. The fourth-order valence-corrected chi connectivity index (χ4v) is 3.48. The number of hydrogen-bond acceptors (Lipinski definition) is 4. The van der Waals surface area contributed by atoms with Crippen LogP contribution in [0.4, 0.5) is 0 Å². The van der Waals surface area contributed by atoms with E-state index in [2.05, 4.69) is 5.10 Å². The Hall–Kier alpha value is -2.34. The normalized spacial score (nSPS) is 17.1. The number of hydrogen-bond donors (Lipinski definition) is 0. The first-order valence-corrected chi connectivity index (χ1v) is 9.14. The third kappa shape index (κ3) is 3.33. The number of methoxy groups -OCH3 is 1. The maximum absolute atomic E-state index is 12.7. The number of likely N-dealkylation sites (tertiary alicyclic amines) is 1. The van der Waals surface area contributed by atoms with Crippen LogP contribution >= 0.6 is 11.6 Å².